The molecule has 1 aliphatic rings. The minimum Gasteiger partial charge on any atom is -0.398 e. The first kappa shape index (κ1) is 17.2. The van der Waals surface area contributed by atoms with Crippen LogP contribution in [0.15, 0.2) is 66.9 Å². The van der Waals surface area contributed by atoms with Crippen LogP contribution < -0.4 is 15.5 Å². The van der Waals surface area contributed by atoms with E-state index in [0.717, 1.165) is 41.2 Å². The van der Waals surface area contributed by atoms with Gasteiger partial charge in [-0.1, -0.05) is 42.5 Å². The van der Waals surface area contributed by atoms with Crippen LogP contribution in [0.5, 0.6) is 0 Å². The summed E-state index contributed by atoms with van der Waals surface area (Å²) in [5.41, 5.74) is 13.8. The minimum absolute atomic E-state index is 0.785. The third-order valence-corrected chi connectivity index (χ3v) is 4.97. The van der Waals surface area contributed by atoms with Crippen LogP contribution in [0, 0.1) is 0 Å². The number of anilines is 3. The summed E-state index contributed by atoms with van der Waals surface area (Å²) >= 11 is 0. The zero-order valence-corrected chi connectivity index (χ0v) is 15.8. The maximum absolute atomic E-state index is 6.16. The van der Waals surface area contributed by atoms with Gasteiger partial charge in [0, 0.05) is 61.6 Å². The van der Waals surface area contributed by atoms with Crippen LogP contribution >= 0.6 is 0 Å². The third kappa shape index (κ3) is 3.51. The molecule has 2 N–H and O–H groups in total. The van der Waals surface area contributed by atoms with Gasteiger partial charge in [-0.05, 0) is 29.8 Å². The van der Waals surface area contributed by atoms with Crippen molar-refractivity contribution in [2.24, 2.45) is 0 Å². The highest BCUT2D eigenvalue weighted by molar-refractivity contribution is 5.76. The van der Waals surface area contributed by atoms with Crippen LogP contribution in [0.25, 0.3) is 17.3 Å². The van der Waals surface area contributed by atoms with Crippen molar-refractivity contribution in [3.05, 3.63) is 78.0 Å². The topological polar surface area (TPSA) is 45.4 Å². The molecule has 0 atom stereocenters. The summed E-state index contributed by atoms with van der Waals surface area (Å²) < 4.78 is 0. The molecular weight excluding hydrogens is 332 g/mol. The molecular formula is C23H24N4. The molecule has 1 aromatic heterocycles. The summed E-state index contributed by atoms with van der Waals surface area (Å²) in [6, 6.07) is 18.7. The van der Waals surface area contributed by atoms with Gasteiger partial charge in [-0.3, -0.25) is 4.98 Å². The molecule has 0 unspecified atom stereocenters. The normalized spacial score (nSPS) is 12.7. The number of hydrogen-bond donors (Lipinski definition) is 1. The molecule has 2 heterocycles. The zero-order valence-electron chi connectivity index (χ0n) is 15.8. The highest BCUT2D eigenvalue weighted by Crippen LogP contribution is 2.32. The fraction of sp³-hybridized carbons (Fsp3) is 0.174. The molecule has 0 amide bonds. The summed E-state index contributed by atoms with van der Waals surface area (Å²) in [4.78, 5) is 9.13. The number of hydrogen-bond acceptors (Lipinski definition) is 4. The Morgan fingerprint density at radius 3 is 2.59 bits per heavy atom. The largest absolute Gasteiger partial charge is 0.398 e. The van der Waals surface area contributed by atoms with Crippen LogP contribution in [0.2, 0.25) is 0 Å². The van der Waals surface area contributed by atoms with Crippen LogP contribution in [0.3, 0.4) is 0 Å². The third-order valence-electron chi connectivity index (χ3n) is 4.97. The van der Waals surface area contributed by atoms with Crippen molar-refractivity contribution in [3.8, 4) is 11.3 Å². The van der Waals surface area contributed by atoms with Crippen LogP contribution in [-0.2, 0) is 6.54 Å². The van der Waals surface area contributed by atoms with E-state index in [4.69, 9.17) is 5.73 Å². The standard InChI is InChI=1S/C23H24N4/c1-26(2)20-11-9-17(10-12-20)22-14-23-18(15-25-22)7-5-13-27(23)16-19-6-3-4-8-21(19)24/h3-12,14-15H,13,16,24H2,1-2H3. The average molecular weight is 356 g/mol. The first-order chi connectivity index (χ1) is 13.1. The number of nitrogen functional groups attached to an aromatic ring is 1. The van der Waals surface area contributed by atoms with Gasteiger partial charge < -0.3 is 15.5 Å². The van der Waals surface area contributed by atoms with Crippen LogP contribution in [-0.4, -0.2) is 25.6 Å². The Morgan fingerprint density at radius 1 is 1.07 bits per heavy atom. The van der Waals surface area contributed by atoms with Crippen molar-refractivity contribution in [1.82, 2.24) is 4.98 Å². The van der Waals surface area contributed by atoms with Crippen molar-refractivity contribution in [3.63, 3.8) is 0 Å². The van der Waals surface area contributed by atoms with Crippen molar-refractivity contribution in [2.75, 3.05) is 36.2 Å². The van der Waals surface area contributed by atoms with Gasteiger partial charge in [-0.15, -0.1) is 0 Å². The molecule has 0 aliphatic carbocycles. The van der Waals surface area contributed by atoms with Gasteiger partial charge in [0.05, 0.1) is 5.69 Å². The average Bonchev–Trinajstić information content (AvgIpc) is 2.70. The molecule has 1 aliphatic heterocycles. The second-order valence-corrected chi connectivity index (χ2v) is 7.05. The molecule has 0 bridgehead atoms. The maximum atomic E-state index is 6.16. The van der Waals surface area contributed by atoms with E-state index in [1.807, 2.05) is 38.5 Å². The van der Waals surface area contributed by atoms with Crippen LogP contribution in [0.1, 0.15) is 11.1 Å². The molecule has 0 saturated heterocycles. The summed E-state index contributed by atoms with van der Waals surface area (Å²) in [5, 5.41) is 0. The Labute approximate surface area is 160 Å². The highest BCUT2D eigenvalue weighted by atomic mass is 15.1. The predicted molar refractivity (Wildman–Crippen MR) is 115 cm³/mol. The Balaban J connectivity index is 1.67. The predicted octanol–water partition coefficient (Wildman–Crippen LogP) is 4.43. The van der Waals surface area contributed by atoms with E-state index in [1.54, 1.807) is 0 Å². The number of benzene rings is 2. The lowest BCUT2D eigenvalue weighted by Gasteiger charge is -2.29. The molecule has 2 aromatic carbocycles. The molecule has 0 radical (unpaired) electrons. The van der Waals surface area contributed by atoms with E-state index < -0.39 is 0 Å². The molecule has 0 fully saturated rings. The second-order valence-electron chi connectivity index (χ2n) is 7.05. The Bertz CT molecular complexity index is 974. The van der Waals surface area contributed by atoms with Gasteiger partial charge >= 0.3 is 0 Å². The smallest absolute Gasteiger partial charge is 0.0723 e. The van der Waals surface area contributed by atoms with Gasteiger partial charge in [0.25, 0.3) is 0 Å². The molecule has 136 valence electrons. The Kier molecular flexibility index (Phi) is 4.55. The Hall–Kier alpha value is -3.27. The van der Waals surface area contributed by atoms with Gasteiger partial charge in [-0.2, -0.15) is 0 Å². The number of pyridine rings is 1. The van der Waals surface area contributed by atoms with Gasteiger partial charge in [-0.25, -0.2) is 0 Å². The van der Waals surface area contributed by atoms with Crippen LogP contribution in [0.4, 0.5) is 17.1 Å². The molecule has 0 spiro atoms. The molecule has 4 heteroatoms. The lowest BCUT2D eigenvalue weighted by molar-refractivity contribution is 0.861. The number of para-hydroxylation sites is 1. The van der Waals surface area contributed by atoms with E-state index >= 15 is 0 Å². The molecule has 3 aromatic rings. The Morgan fingerprint density at radius 2 is 1.85 bits per heavy atom. The summed E-state index contributed by atoms with van der Waals surface area (Å²) in [6.07, 6.45) is 6.28. The summed E-state index contributed by atoms with van der Waals surface area (Å²) in [6.45, 7) is 1.65. The van der Waals surface area contributed by atoms with Crippen molar-refractivity contribution in [2.45, 2.75) is 6.54 Å². The highest BCUT2D eigenvalue weighted by Gasteiger charge is 2.16. The number of fused-ring (bicyclic) bond motifs is 1. The van der Waals surface area contributed by atoms with E-state index in [9.17, 15) is 0 Å². The van der Waals surface area contributed by atoms with Crippen molar-refractivity contribution < 1.29 is 0 Å². The fourth-order valence-electron chi connectivity index (χ4n) is 3.38. The SMILES string of the molecule is CN(C)c1ccc(-c2cc3c(cn2)C=CCN3Cc2ccccc2N)cc1. The monoisotopic (exact) mass is 356 g/mol. The number of nitrogens with two attached hydrogens (primary N) is 1. The van der Waals surface area contributed by atoms with Crippen molar-refractivity contribution >= 4 is 23.1 Å². The van der Waals surface area contributed by atoms with Crippen molar-refractivity contribution in [1.29, 1.82) is 0 Å². The second kappa shape index (κ2) is 7.16. The molecule has 4 rings (SSSR count). The minimum atomic E-state index is 0.785. The first-order valence-corrected chi connectivity index (χ1v) is 9.14. The van der Waals surface area contributed by atoms with E-state index in [2.05, 4.69) is 63.3 Å². The zero-order chi connectivity index (χ0) is 18.8. The van der Waals surface area contributed by atoms with E-state index in [1.165, 1.54) is 11.4 Å². The van der Waals surface area contributed by atoms with E-state index in [-0.39, 0.29) is 0 Å². The quantitative estimate of drug-likeness (QED) is 0.703. The van der Waals surface area contributed by atoms with Gasteiger partial charge in [0.2, 0.25) is 0 Å². The number of nitrogens with zero attached hydrogens (tertiary/aromatic N) is 3. The maximum Gasteiger partial charge on any atom is 0.0723 e. The van der Waals surface area contributed by atoms with Gasteiger partial charge in [0.1, 0.15) is 0 Å². The number of rotatable bonds is 4. The van der Waals surface area contributed by atoms with E-state index in [0.29, 0.717) is 0 Å². The summed E-state index contributed by atoms with van der Waals surface area (Å²) in [7, 11) is 4.09. The van der Waals surface area contributed by atoms with Gasteiger partial charge in [0.15, 0.2) is 0 Å². The fourth-order valence-corrected chi connectivity index (χ4v) is 3.38. The lowest BCUT2D eigenvalue weighted by atomic mass is 10.0. The number of aromatic nitrogens is 1. The molecule has 4 nitrogen and oxygen atoms in total. The molecule has 0 saturated carbocycles. The summed E-state index contributed by atoms with van der Waals surface area (Å²) in [5.74, 6) is 0. The first-order valence-electron chi connectivity index (χ1n) is 9.14. The molecule has 27 heavy (non-hydrogen) atoms. The lowest BCUT2D eigenvalue weighted by Crippen LogP contribution is -2.26.